The Labute approximate surface area is 169 Å². The fraction of sp³-hybridized carbons (Fsp3) is 0.438. The summed E-state index contributed by atoms with van der Waals surface area (Å²) in [6, 6.07) is 0.243. The lowest BCUT2D eigenvalue weighted by atomic mass is 10.0. The van der Waals surface area contributed by atoms with Crippen LogP contribution in [0, 0.1) is 17.5 Å². The zero-order chi connectivity index (χ0) is 20.1. The Hall–Kier alpha value is -1.98. The van der Waals surface area contributed by atoms with Crippen molar-refractivity contribution in [3.05, 3.63) is 35.1 Å². The van der Waals surface area contributed by atoms with Crippen molar-refractivity contribution in [1.82, 2.24) is 10.2 Å². The molecule has 0 saturated carbocycles. The first-order chi connectivity index (χ1) is 12.7. The minimum absolute atomic E-state index is 0. The molecule has 0 spiro atoms. The number of thioether (sulfide) groups is 1. The zero-order valence-electron chi connectivity index (χ0n) is 14.5. The lowest BCUT2D eigenvalue weighted by Gasteiger charge is -2.24. The van der Waals surface area contributed by atoms with Crippen LogP contribution in [0.2, 0.25) is 0 Å². The topological polar surface area (TPSA) is 113 Å². The van der Waals surface area contributed by atoms with Gasteiger partial charge in [-0.05, 0) is 18.1 Å². The Bertz CT molecular complexity index is 756. The van der Waals surface area contributed by atoms with Crippen LogP contribution in [-0.2, 0) is 20.8 Å². The normalized spacial score (nSPS) is 17.0. The molecule has 2 rings (SSSR count). The van der Waals surface area contributed by atoms with E-state index in [2.05, 4.69) is 5.32 Å². The Morgan fingerprint density at radius 1 is 1.25 bits per heavy atom. The second-order valence-electron chi connectivity index (χ2n) is 5.95. The highest BCUT2D eigenvalue weighted by Gasteiger charge is 2.35. The highest BCUT2D eigenvalue weighted by molar-refractivity contribution is 8.00. The van der Waals surface area contributed by atoms with E-state index < -0.39 is 53.2 Å². The van der Waals surface area contributed by atoms with E-state index in [-0.39, 0.29) is 37.4 Å². The highest BCUT2D eigenvalue weighted by atomic mass is 35.5. The zero-order valence-corrected chi connectivity index (χ0v) is 16.1. The summed E-state index contributed by atoms with van der Waals surface area (Å²) < 4.78 is 39.9. The number of carbonyl (C=O) groups excluding carboxylic acids is 2. The maximum Gasteiger partial charge on any atom is 0.322 e. The molecule has 156 valence electrons. The number of aliphatic carboxylic acids is 1. The van der Waals surface area contributed by atoms with Crippen LogP contribution in [0.4, 0.5) is 13.2 Å². The number of nitrogens with zero attached hydrogens (tertiary/aromatic N) is 1. The van der Waals surface area contributed by atoms with E-state index in [1.165, 1.54) is 16.7 Å². The maximum absolute atomic E-state index is 13.7. The molecule has 1 heterocycles. The molecule has 1 unspecified atom stereocenters. The molecule has 2 atom stereocenters. The summed E-state index contributed by atoms with van der Waals surface area (Å²) in [7, 11) is 0. The third-order valence-electron chi connectivity index (χ3n) is 3.86. The van der Waals surface area contributed by atoms with E-state index in [1.54, 1.807) is 0 Å². The molecule has 0 aromatic heterocycles. The van der Waals surface area contributed by atoms with Crippen LogP contribution < -0.4 is 11.1 Å². The van der Waals surface area contributed by atoms with Gasteiger partial charge in [-0.3, -0.25) is 14.4 Å². The number of rotatable bonds is 7. The second kappa shape index (κ2) is 10.5. The Kier molecular flexibility index (Phi) is 9.05. The number of nitrogens with two attached hydrogens (primary N) is 1. The second-order valence-corrected chi connectivity index (χ2v) is 7.14. The number of hydrogen-bond donors (Lipinski definition) is 3. The number of carboxylic acid groups (broad SMARTS) is 1. The van der Waals surface area contributed by atoms with E-state index in [9.17, 15) is 27.6 Å². The van der Waals surface area contributed by atoms with Crippen LogP contribution in [0.5, 0.6) is 0 Å². The van der Waals surface area contributed by atoms with Gasteiger partial charge in [0.25, 0.3) is 5.91 Å². The van der Waals surface area contributed by atoms with E-state index in [1.807, 2.05) is 0 Å². The van der Waals surface area contributed by atoms with E-state index in [0.717, 1.165) is 0 Å². The molecular formula is C16H19ClF3N3O4S. The number of benzene rings is 1. The van der Waals surface area contributed by atoms with Crippen LogP contribution in [-0.4, -0.2) is 58.0 Å². The Balaban J connectivity index is 0.00000392. The predicted octanol–water partition coefficient (Wildman–Crippen LogP) is 0.888. The van der Waals surface area contributed by atoms with Gasteiger partial charge in [0.1, 0.15) is 12.4 Å². The average Bonchev–Trinajstić information content (AvgIpc) is 3.07. The van der Waals surface area contributed by atoms with Gasteiger partial charge in [0, 0.05) is 30.8 Å². The standard InChI is InChI=1S/C16H18F3N3O4S.ClH/c17-10-6-12(19)11(18)4-8(10)3-9(20)5-13(23)22-1-2-27-16(22)15(26)21-7-14(24)25;/h4,6,9,16H,1-3,5,7,20H2,(H,21,26)(H,24,25);1H/t9-,16?;/m1./s1. The third-order valence-corrected chi connectivity index (χ3v) is 5.06. The SMILES string of the molecule is Cl.N[C@@H](CC(=O)N1CCSC1C(=O)NCC(=O)O)Cc1cc(F)c(F)cc1F. The minimum atomic E-state index is -1.31. The molecular weight excluding hydrogens is 423 g/mol. The van der Waals surface area contributed by atoms with Crippen LogP contribution in [0.1, 0.15) is 12.0 Å². The molecule has 1 saturated heterocycles. The molecule has 7 nitrogen and oxygen atoms in total. The highest BCUT2D eigenvalue weighted by Crippen LogP contribution is 2.25. The lowest BCUT2D eigenvalue weighted by Crippen LogP contribution is -2.47. The van der Waals surface area contributed by atoms with Gasteiger partial charge in [-0.2, -0.15) is 0 Å². The first-order valence-corrected chi connectivity index (χ1v) is 9.03. The van der Waals surface area contributed by atoms with E-state index in [0.29, 0.717) is 17.9 Å². The molecule has 0 radical (unpaired) electrons. The molecule has 0 bridgehead atoms. The molecule has 12 heteroatoms. The Morgan fingerprint density at radius 2 is 1.89 bits per heavy atom. The van der Waals surface area contributed by atoms with Crippen LogP contribution >= 0.6 is 24.2 Å². The van der Waals surface area contributed by atoms with E-state index in [4.69, 9.17) is 10.8 Å². The summed E-state index contributed by atoms with van der Waals surface area (Å²) in [5.74, 6) is -5.27. The van der Waals surface area contributed by atoms with Crippen molar-refractivity contribution in [2.24, 2.45) is 5.73 Å². The first-order valence-electron chi connectivity index (χ1n) is 7.98. The van der Waals surface area contributed by atoms with Gasteiger partial charge in [0.2, 0.25) is 5.91 Å². The number of carboxylic acids is 1. The molecule has 1 aliphatic rings. The molecule has 1 aromatic carbocycles. The molecule has 1 aromatic rings. The predicted molar refractivity (Wildman–Crippen MR) is 98.5 cm³/mol. The maximum atomic E-state index is 13.7. The van der Waals surface area contributed by atoms with Gasteiger partial charge in [-0.15, -0.1) is 24.2 Å². The monoisotopic (exact) mass is 441 g/mol. The largest absolute Gasteiger partial charge is 0.480 e. The fourth-order valence-electron chi connectivity index (χ4n) is 2.61. The van der Waals surface area contributed by atoms with Crippen LogP contribution in [0.25, 0.3) is 0 Å². The number of halogens is 4. The molecule has 0 aliphatic carbocycles. The van der Waals surface area contributed by atoms with Gasteiger partial charge >= 0.3 is 5.97 Å². The van der Waals surface area contributed by atoms with Gasteiger partial charge in [-0.1, -0.05) is 0 Å². The smallest absolute Gasteiger partial charge is 0.322 e. The van der Waals surface area contributed by atoms with Crippen molar-refractivity contribution in [3.8, 4) is 0 Å². The molecule has 1 aliphatic heterocycles. The van der Waals surface area contributed by atoms with Gasteiger partial charge < -0.3 is 21.1 Å². The summed E-state index contributed by atoms with van der Waals surface area (Å²) in [5, 5.41) is 9.94. The molecule has 2 amide bonds. The third kappa shape index (κ3) is 6.28. The van der Waals surface area contributed by atoms with Crippen molar-refractivity contribution in [2.45, 2.75) is 24.3 Å². The van der Waals surface area contributed by atoms with Crippen molar-refractivity contribution in [1.29, 1.82) is 0 Å². The van der Waals surface area contributed by atoms with Gasteiger partial charge in [-0.25, -0.2) is 13.2 Å². The average molecular weight is 442 g/mol. The lowest BCUT2D eigenvalue weighted by molar-refractivity contribution is -0.139. The minimum Gasteiger partial charge on any atom is -0.480 e. The quantitative estimate of drug-likeness (QED) is 0.542. The van der Waals surface area contributed by atoms with Crippen LogP contribution in [0.15, 0.2) is 12.1 Å². The molecule has 28 heavy (non-hydrogen) atoms. The van der Waals surface area contributed by atoms with Crippen molar-refractivity contribution in [3.63, 3.8) is 0 Å². The number of amides is 2. The van der Waals surface area contributed by atoms with Crippen molar-refractivity contribution >= 4 is 42.0 Å². The summed E-state index contributed by atoms with van der Waals surface area (Å²) in [5.41, 5.74) is 5.68. The summed E-state index contributed by atoms with van der Waals surface area (Å²) >= 11 is 1.18. The molecule has 4 N–H and O–H groups in total. The van der Waals surface area contributed by atoms with Gasteiger partial charge in [0.15, 0.2) is 17.0 Å². The summed E-state index contributed by atoms with van der Waals surface area (Å²) in [6.07, 6.45) is -0.423. The van der Waals surface area contributed by atoms with E-state index >= 15 is 0 Å². The molecule has 1 fully saturated rings. The first kappa shape index (κ1) is 24.1. The van der Waals surface area contributed by atoms with Crippen molar-refractivity contribution in [2.75, 3.05) is 18.8 Å². The summed E-state index contributed by atoms with van der Waals surface area (Å²) in [4.78, 5) is 36.2. The van der Waals surface area contributed by atoms with Crippen molar-refractivity contribution < 1.29 is 32.7 Å². The fourth-order valence-corrected chi connectivity index (χ4v) is 3.77. The number of nitrogens with one attached hydrogen (secondary N) is 1. The van der Waals surface area contributed by atoms with Crippen LogP contribution in [0.3, 0.4) is 0 Å². The number of hydrogen-bond acceptors (Lipinski definition) is 5. The Morgan fingerprint density at radius 3 is 2.54 bits per heavy atom. The number of carbonyl (C=O) groups is 3. The van der Waals surface area contributed by atoms with Gasteiger partial charge in [0.05, 0.1) is 0 Å². The summed E-state index contributed by atoms with van der Waals surface area (Å²) in [6.45, 7) is -0.284.